The summed E-state index contributed by atoms with van der Waals surface area (Å²) in [5, 5.41) is 10.6. The third kappa shape index (κ3) is 3.87. The summed E-state index contributed by atoms with van der Waals surface area (Å²) in [6.45, 7) is 7.83. The molecule has 0 aromatic heterocycles. The maximum Gasteiger partial charge on any atom is 0.120 e. The van der Waals surface area contributed by atoms with Crippen molar-refractivity contribution < 1.29 is 9.84 Å². The van der Waals surface area contributed by atoms with E-state index >= 15 is 0 Å². The van der Waals surface area contributed by atoms with Crippen molar-refractivity contribution in [3.05, 3.63) is 28.8 Å². The molecular weight excluding hydrogens is 250 g/mol. The molecule has 18 heavy (non-hydrogen) atoms. The molecule has 1 aromatic carbocycles. The summed E-state index contributed by atoms with van der Waals surface area (Å²) in [5.41, 5.74) is 0.854. The molecule has 0 heterocycles. The van der Waals surface area contributed by atoms with Crippen molar-refractivity contribution in [3.63, 3.8) is 0 Å². The molecule has 0 spiro atoms. The van der Waals surface area contributed by atoms with Gasteiger partial charge in [-0.2, -0.15) is 0 Å². The van der Waals surface area contributed by atoms with Crippen LogP contribution in [0.2, 0.25) is 5.02 Å². The van der Waals surface area contributed by atoms with Gasteiger partial charge in [0, 0.05) is 36.3 Å². The number of phenolic OH excluding ortho intramolecular Hbond substituents is 1. The lowest BCUT2D eigenvalue weighted by Crippen LogP contribution is -2.36. The van der Waals surface area contributed by atoms with Crippen LogP contribution in [0.4, 0.5) is 0 Å². The third-order valence-corrected chi connectivity index (χ3v) is 3.39. The summed E-state index contributed by atoms with van der Waals surface area (Å²) >= 11 is 6.00. The van der Waals surface area contributed by atoms with Gasteiger partial charge in [-0.3, -0.25) is 4.90 Å². The van der Waals surface area contributed by atoms with Crippen LogP contribution < -0.4 is 0 Å². The Labute approximate surface area is 114 Å². The molecule has 1 N–H and O–H groups in total. The fraction of sp³-hybridized carbons (Fsp3) is 0.571. The molecule has 1 aromatic rings. The number of ether oxygens (including phenoxy) is 1. The van der Waals surface area contributed by atoms with Crippen LogP contribution in [0.3, 0.4) is 0 Å². The van der Waals surface area contributed by atoms with Gasteiger partial charge in [0.1, 0.15) is 5.75 Å². The number of rotatable bonds is 6. The van der Waals surface area contributed by atoms with Gasteiger partial charge in [0.15, 0.2) is 0 Å². The molecule has 0 aliphatic rings. The first kappa shape index (κ1) is 15.3. The average Bonchev–Trinajstić information content (AvgIpc) is 2.32. The number of nitrogens with zero attached hydrogens (tertiary/aromatic N) is 1. The van der Waals surface area contributed by atoms with E-state index < -0.39 is 0 Å². The summed E-state index contributed by atoms with van der Waals surface area (Å²) in [6.07, 6.45) is 0. The second-order valence-corrected chi connectivity index (χ2v) is 5.14. The highest BCUT2D eigenvalue weighted by Crippen LogP contribution is 2.31. The first-order chi connectivity index (χ1) is 8.47. The third-order valence-electron chi connectivity index (χ3n) is 3.15. The lowest BCUT2D eigenvalue weighted by Gasteiger charge is -2.33. The molecule has 0 saturated heterocycles. The van der Waals surface area contributed by atoms with E-state index in [1.807, 2.05) is 6.07 Å². The van der Waals surface area contributed by atoms with Gasteiger partial charge in [0.25, 0.3) is 0 Å². The predicted molar refractivity (Wildman–Crippen MR) is 75.2 cm³/mol. The molecule has 3 nitrogen and oxygen atoms in total. The molecule has 0 aliphatic heterocycles. The van der Waals surface area contributed by atoms with Crippen molar-refractivity contribution in [1.29, 1.82) is 0 Å². The highest BCUT2D eigenvalue weighted by Gasteiger charge is 2.21. The monoisotopic (exact) mass is 271 g/mol. The zero-order valence-electron chi connectivity index (χ0n) is 11.5. The average molecular weight is 272 g/mol. The maximum atomic E-state index is 9.94. The number of hydrogen-bond donors (Lipinski definition) is 1. The van der Waals surface area contributed by atoms with Gasteiger partial charge in [-0.05, 0) is 39.0 Å². The minimum Gasteiger partial charge on any atom is -0.508 e. The van der Waals surface area contributed by atoms with Gasteiger partial charge in [0.05, 0.1) is 6.61 Å². The molecule has 1 rings (SSSR count). The predicted octanol–water partition coefficient (Wildman–Crippen LogP) is 3.46. The SMILES string of the molecule is COCCN(C(C)C)C(C)c1cc(Cl)ccc1O. The van der Waals surface area contributed by atoms with E-state index in [-0.39, 0.29) is 11.8 Å². The van der Waals surface area contributed by atoms with Gasteiger partial charge < -0.3 is 9.84 Å². The van der Waals surface area contributed by atoms with E-state index in [9.17, 15) is 5.11 Å². The summed E-state index contributed by atoms with van der Waals surface area (Å²) in [7, 11) is 1.69. The Balaban J connectivity index is 2.93. The zero-order valence-corrected chi connectivity index (χ0v) is 12.2. The van der Waals surface area contributed by atoms with Gasteiger partial charge in [0.2, 0.25) is 0 Å². The maximum absolute atomic E-state index is 9.94. The van der Waals surface area contributed by atoms with Crippen LogP contribution in [0.15, 0.2) is 18.2 Å². The number of methoxy groups -OCH3 is 1. The Morgan fingerprint density at radius 1 is 1.33 bits per heavy atom. The van der Waals surface area contributed by atoms with Gasteiger partial charge in [-0.15, -0.1) is 0 Å². The highest BCUT2D eigenvalue weighted by atomic mass is 35.5. The smallest absolute Gasteiger partial charge is 0.120 e. The van der Waals surface area contributed by atoms with E-state index in [0.29, 0.717) is 17.7 Å². The van der Waals surface area contributed by atoms with Gasteiger partial charge >= 0.3 is 0 Å². The topological polar surface area (TPSA) is 32.7 Å². The van der Waals surface area contributed by atoms with Crippen molar-refractivity contribution in [1.82, 2.24) is 4.90 Å². The van der Waals surface area contributed by atoms with Crippen molar-refractivity contribution in [3.8, 4) is 5.75 Å². The van der Waals surface area contributed by atoms with Crippen LogP contribution in [0.1, 0.15) is 32.4 Å². The molecule has 0 bridgehead atoms. The molecule has 102 valence electrons. The van der Waals surface area contributed by atoms with Crippen LogP contribution in [-0.2, 0) is 4.74 Å². The highest BCUT2D eigenvalue weighted by molar-refractivity contribution is 6.30. The zero-order chi connectivity index (χ0) is 13.7. The fourth-order valence-corrected chi connectivity index (χ4v) is 2.31. The Kier molecular flexibility index (Phi) is 5.93. The Bertz CT molecular complexity index is 382. The van der Waals surface area contributed by atoms with Crippen molar-refractivity contribution >= 4 is 11.6 Å². The molecule has 0 radical (unpaired) electrons. The summed E-state index contributed by atoms with van der Waals surface area (Å²) in [4.78, 5) is 2.27. The van der Waals surface area contributed by atoms with E-state index in [4.69, 9.17) is 16.3 Å². The molecule has 0 fully saturated rings. The normalized spacial score (nSPS) is 13.3. The van der Waals surface area contributed by atoms with Crippen molar-refractivity contribution in [2.75, 3.05) is 20.3 Å². The van der Waals surface area contributed by atoms with Crippen LogP contribution in [0.5, 0.6) is 5.75 Å². The Morgan fingerprint density at radius 3 is 2.56 bits per heavy atom. The molecule has 1 unspecified atom stereocenters. The second kappa shape index (κ2) is 6.98. The standard InChI is InChI=1S/C14H22ClNO2/c1-10(2)16(7-8-18-4)11(3)13-9-12(15)5-6-14(13)17/h5-6,9-11,17H,7-8H2,1-4H3. The molecule has 1 atom stereocenters. The molecular formula is C14H22ClNO2. The Hall–Kier alpha value is -0.770. The van der Waals surface area contributed by atoms with Crippen LogP contribution >= 0.6 is 11.6 Å². The second-order valence-electron chi connectivity index (χ2n) is 4.70. The van der Waals surface area contributed by atoms with Crippen LogP contribution in [0, 0.1) is 0 Å². The van der Waals surface area contributed by atoms with E-state index in [1.54, 1.807) is 19.2 Å². The minimum atomic E-state index is 0.0962. The number of benzene rings is 1. The summed E-state index contributed by atoms with van der Waals surface area (Å²) < 4.78 is 5.13. The minimum absolute atomic E-state index is 0.0962. The van der Waals surface area contributed by atoms with Crippen LogP contribution in [0.25, 0.3) is 0 Å². The number of aromatic hydroxyl groups is 1. The van der Waals surface area contributed by atoms with E-state index in [0.717, 1.165) is 12.1 Å². The first-order valence-corrected chi connectivity index (χ1v) is 6.58. The number of phenols is 1. The number of halogens is 1. The van der Waals surface area contributed by atoms with Crippen molar-refractivity contribution in [2.45, 2.75) is 32.9 Å². The van der Waals surface area contributed by atoms with Gasteiger partial charge in [-0.1, -0.05) is 11.6 Å². The largest absolute Gasteiger partial charge is 0.508 e. The molecule has 4 heteroatoms. The number of hydrogen-bond acceptors (Lipinski definition) is 3. The first-order valence-electron chi connectivity index (χ1n) is 6.20. The lowest BCUT2D eigenvalue weighted by atomic mass is 10.0. The lowest BCUT2D eigenvalue weighted by molar-refractivity contribution is 0.101. The molecule has 0 saturated carbocycles. The van der Waals surface area contributed by atoms with Crippen LogP contribution in [-0.4, -0.2) is 36.3 Å². The summed E-state index contributed by atoms with van der Waals surface area (Å²) in [5.74, 6) is 0.287. The Morgan fingerprint density at radius 2 is 2.00 bits per heavy atom. The summed E-state index contributed by atoms with van der Waals surface area (Å²) in [6, 6.07) is 5.63. The van der Waals surface area contributed by atoms with E-state index in [1.165, 1.54) is 0 Å². The fourth-order valence-electron chi connectivity index (χ4n) is 2.13. The quantitative estimate of drug-likeness (QED) is 0.860. The molecule has 0 amide bonds. The van der Waals surface area contributed by atoms with Gasteiger partial charge in [-0.25, -0.2) is 0 Å². The van der Waals surface area contributed by atoms with Crippen molar-refractivity contribution in [2.24, 2.45) is 0 Å². The van der Waals surface area contributed by atoms with E-state index in [2.05, 4.69) is 25.7 Å². The molecule has 0 aliphatic carbocycles.